The Balaban J connectivity index is 1.49. The summed E-state index contributed by atoms with van der Waals surface area (Å²) < 4.78 is 10.7. The standard InChI is InChI=1S/C39H42N6O5S/c1-8-49-36(47)39(7,26-12-10-9-11-13-26)45-35(46)25-14-21-32(51-28-17-15-27(16-18-28)42-37(48)50-38(4,5)6)31(22-25)44-34-29-19-20-30(24(2)3)43-33(29)40-23-41-34/h9-24H,8H2,1-7H3,(H,42,48)(H,45,46)(H,40,41,43,44). The summed E-state index contributed by atoms with van der Waals surface area (Å²) >= 11 is 1.45. The van der Waals surface area contributed by atoms with Gasteiger partial charge < -0.3 is 20.1 Å². The molecule has 0 fully saturated rings. The van der Waals surface area contributed by atoms with Gasteiger partial charge in [-0.1, -0.05) is 55.9 Å². The maximum atomic E-state index is 13.9. The molecular formula is C39H42N6O5S. The molecule has 0 bridgehead atoms. The molecule has 264 valence electrons. The van der Waals surface area contributed by atoms with E-state index in [2.05, 4.69) is 39.8 Å². The maximum Gasteiger partial charge on any atom is 0.412 e. The molecule has 0 spiro atoms. The van der Waals surface area contributed by atoms with Gasteiger partial charge in [0.05, 0.1) is 17.7 Å². The fourth-order valence-corrected chi connectivity index (χ4v) is 5.99. The first-order chi connectivity index (χ1) is 24.3. The number of esters is 1. The van der Waals surface area contributed by atoms with Gasteiger partial charge in [-0.3, -0.25) is 10.1 Å². The highest BCUT2D eigenvalue weighted by molar-refractivity contribution is 7.99. The molecule has 1 atom stereocenters. The first kappa shape index (κ1) is 36.8. The first-order valence-corrected chi connectivity index (χ1v) is 17.4. The lowest BCUT2D eigenvalue weighted by Gasteiger charge is -2.29. The fourth-order valence-electron chi connectivity index (χ4n) is 5.11. The molecular weight excluding hydrogens is 665 g/mol. The summed E-state index contributed by atoms with van der Waals surface area (Å²) in [4.78, 5) is 54.7. The zero-order valence-corrected chi connectivity index (χ0v) is 30.6. The van der Waals surface area contributed by atoms with Crippen LogP contribution in [-0.4, -0.2) is 45.1 Å². The van der Waals surface area contributed by atoms with Crippen molar-refractivity contribution in [1.82, 2.24) is 20.3 Å². The van der Waals surface area contributed by atoms with E-state index in [1.165, 1.54) is 18.1 Å². The van der Waals surface area contributed by atoms with Crippen molar-refractivity contribution in [2.24, 2.45) is 0 Å². The van der Waals surface area contributed by atoms with Crippen molar-refractivity contribution in [3.63, 3.8) is 0 Å². The predicted octanol–water partition coefficient (Wildman–Crippen LogP) is 8.60. The topological polar surface area (TPSA) is 144 Å². The van der Waals surface area contributed by atoms with Gasteiger partial charge in [-0.25, -0.2) is 24.5 Å². The molecule has 5 rings (SSSR count). The number of amides is 2. The Bertz CT molecular complexity index is 2030. The van der Waals surface area contributed by atoms with Gasteiger partial charge in [0.25, 0.3) is 5.91 Å². The van der Waals surface area contributed by atoms with Crippen LogP contribution in [0.1, 0.15) is 76.0 Å². The summed E-state index contributed by atoms with van der Waals surface area (Å²) in [6.07, 6.45) is 0.910. The zero-order valence-electron chi connectivity index (χ0n) is 29.7. The lowest BCUT2D eigenvalue weighted by atomic mass is 9.91. The molecule has 0 aliphatic carbocycles. The number of ether oxygens (including phenoxy) is 2. The summed E-state index contributed by atoms with van der Waals surface area (Å²) in [5.41, 5.74) is 1.48. The average molecular weight is 707 g/mol. The van der Waals surface area contributed by atoms with Gasteiger partial charge in [0, 0.05) is 26.7 Å². The maximum absolute atomic E-state index is 13.9. The molecule has 12 heteroatoms. The van der Waals surface area contributed by atoms with E-state index in [0.29, 0.717) is 39.4 Å². The highest BCUT2D eigenvalue weighted by atomic mass is 32.2. The summed E-state index contributed by atoms with van der Waals surface area (Å²) in [5.74, 6) is -0.302. The van der Waals surface area contributed by atoms with Crippen LogP contribution in [0.5, 0.6) is 0 Å². The highest BCUT2D eigenvalue weighted by Gasteiger charge is 2.38. The number of carbonyl (C=O) groups excluding carboxylic acids is 3. The number of fused-ring (bicyclic) bond motifs is 1. The number of nitrogens with one attached hydrogen (secondary N) is 3. The van der Waals surface area contributed by atoms with E-state index in [1.54, 1.807) is 83.1 Å². The molecule has 3 aromatic carbocycles. The molecule has 0 radical (unpaired) electrons. The Morgan fingerprint density at radius 2 is 1.61 bits per heavy atom. The van der Waals surface area contributed by atoms with Crippen molar-refractivity contribution in [3.8, 4) is 0 Å². The van der Waals surface area contributed by atoms with Crippen LogP contribution in [0.15, 0.2) is 101 Å². The van der Waals surface area contributed by atoms with Crippen molar-refractivity contribution in [2.75, 3.05) is 17.2 Å². The van der Waals surface area contributed by atoms with Gasteiger partial charge in [-0.05, 0) is 101 Å². The molecule has 0 saturated carbocycles. The van der Waals surface area contributed by atoms with E-state index in [0.717, 1.165) is 15.5 Å². The van der Waals surface area contributed by atoms with Gasteiger partial charge in [0.1, 0.15) is 17.7 Å². The summed E-state index contributed by atoms with van der Waals surface area (Å²) in [5, 5.41) is 9.80. The van der Waals surface area contributed by atoms with Crippen LogP contribution < -0.4 is 16.0 Å². The molecule has 1 unspecified atom stereocenters. The van der Waals surface area contributed by atoms with Crippen LogP contribution in [0, 0.1) is 0 Å². The Labute approximate surface area is 302 Å². The second-order valence-electron chi connectivity index (χ2n) is 13.2. The monoisotopic (exact) mass is 706 g/mol. The number of benzene rings is 3. The largest absolute Gasteiger partial charge is 0.464 e. The Morgan fingerprint density at radius 1 is 0.882 bits per heavy atom. The molecule has 51 heavy (non-hydrogen) atoms. The molecule has 11 nitrogen and oxygen atoms in total. The third-order valence-corrected chi connectivity index (χ3v) is 8.81. The van der Waals surface area contributed by atoms with Crippen molar-refractivity contribution in [2.45, 2.75) is 75.3 Å². The molecule has 2 amide bonds. The number of hydrogen-bond donors (Lipinski definition) is 3. The molecule has 5 aromatic rings. The summed E-state index contributed by atoms with van der Waals surface area (Å²) in [6.45, 7) is 13.1. The third kappa shape index (κ3) is 9.20. The van der Waals surface area contributed by atoms with Gasteiger partial charge in [0.15, 0.2) is 11.2 Å². The molecule has 0 aliphatic rings. The molecule has 0 aliphatic heterocycles. The molecule has 2 aromatic heterocycles. The van der Waals surface area contributed by atoms with Crippen molar-refractivity contribution in [3.05, 3.63) is 108 Å². The van der Waals surface area contributed by atoms with E-state index < -0.39 is 29.1 Å². The van der Waals surface area contributed by atoms with E-state index in [-0.39, 0.29) is 12.5 Å². The first-order valence-electron chi connectivity index (χ1n) is 16.6. The number of carbonyl (C=O) groups is 3. The van der Waals surface area contributed by atoms with E-state index >= 15 is 0 Å². The minimum Gasteiger partial charge on any atom is -0.464 e. The normalized spacial score (nSPS) is 12.5. The number of aromatic nitrogens is 3. The van der Waals surface area contributed by atoms with Gasteiger partial charge in [0.2, 0.25) is 0 Å². The Morgan fingerprint density at radius 3 is 2.27 bits per heavy atom. The smallest absolute Gasteiger partial charge is 0.412 e. The molecule has 0 saturated heterocycles. The molecule has 3 N–H and O–H groups in total. The number of nitrogens with zero attached hydrogens (tertiary/aromatic N) is 3. The van der Waals surface area contributed by atoms with E-state index in [9.17, 15) is 14.4 Å². The lowest BCUT2D eigenvalue weighted by Crippen LogP contribution is -2.50. The van der Waals surface area contributed by atoms with Crippen LogP contribution in [0.2, 0.25) is 0 Å². The van der Waals surface area contributed by atoms with Crippen LogP contribution in [0.25, 0.3) is 11.0 Å². The van der Waals surface area contributed by atoms with Gasteiger partial charge in [-0.2, -0.15) is 0 Å². The second kappa shape index (κ2) is 15.6. The van der Waals surface area contributed by atoms with Crippen molar-refractivity contribution >= 4 is 58.0 Å². The summed E-state index contributed by atoms with van der Waals surface area (Å²) in [6, 6.07) is 25.5. The number of pyridine rings is 1. The second-order valence-corrected chi connectivity index (χ2v) is 14.4. The average Bonchev–Trinajstić information content (AvgIpc) is 3.09. The Kier molecular flexibility index (Phi) is 11.2. The number of hydrogen-bond acceptors (Lipinski definition) is 10. The van der Waals surface area contributed by atoms with Crippen LogP contribution in [0.4, 0.5) is 22.0 Å². The molecule has 2 heterocycles. The van der Waals surface area contributed by atoms with Crippen LogP contribution in [0.3, 0.4) is 0 Å². The zero-order chi connectivity index (χ0) is 36.8. The third-order valence-electron chi connectivity index (χ3n) is 7.73. The van der Waals surface area contributed by atoms with E-state index in [4.69, 9.17) is 14.5 Å². The minimum atomic E-state index is -1.44. The van der Waals surface area contributed by atoms with Crippen molar-refractivity contribution in [1.29, 1.82) is 0 Å². The minimum absolute atomic E-state index is 0.162. The van der Waals surface area contributed by atoms with E-state index in [1.807, 2.05) is 36.4 Å². The SMILES string of the molecule is CCOC(=O)C(C)(NC(=O)c1ccc(Sc2ccc(NC(=O)OC(C)(C)C)cc2)c(Nc2ncnc3nc(C(C)C)ccc23)c1)c1ccccc1. The lowest BCUT2D eigenvalue weighted by molar-refractivity contribution is -0.150. The quantitative estimate of drug-likeness (QED) is 0.114. The van der Waals surface area contributed by atoms with Gasteiger partial charge in [-0.15, -0.1) is 0 Å². The summed E-state index contributed by atoms with van der Waals surface area (Å²) in [7, 11) is 0. The number of anilines is 3. The van der Waals surface area contributed by atoms with Crippen LogP contribution in [-0.2, 0) is 19.8 Å². The number of rotatable bonds is 11. The Hall–Kier alpha value is -5.49. The fraction of sp³-hybridized carbons (Fsp3) is 0.282. The predicted molar refractivity (Wildman–Crippen MR) is 199 cm³/mol. The van der Waals surface area contributed by atoms with Gasteiger partial charge >= 0.3 is 12.1 Å². The van der Waals surface area contributed by atoms with Crippen molar-refractivity contribution < 1.29 is 23.9 Å². The van der Waals surface area contributed by atoms with Crippen LogP contribution >= 0.6 is 11.8 Å². The highest BCUT2D eigenvalue weighted by Crippen LogP contribution is 2.37.